The van der Waals surface area contributed by atoms with Crippen LogP contribution in [0, 0.1) is 0 Å². The molecule has 49 heavy (non-hydrogen) atoms. The summed E-state index contributed by atoms with van der Waals surface area (Å²) >= 11 is 1.91. The molecule has 232 valence electrons. The van der Waals surface area contributed by atoms with E-state index in [4.69, 9.17) is 0 Å². The molecule has 0 amide bonds. The summed E-state index contributed by atoms with van der Waals surface area (Å²) in [5, 5.41) is 7.82. The first kappa shape index (κ1) is 28.3. The monoisotopic (exact) mass is 643 g/mol. The van der Waals surface area contributed by atoms with Crippen LogP contribution in [0.2, 0.25) is 0 Å². The van der Waals surface area contributed by atoms with Crippen molar-refractivity contribution in [2.75, 3.05) is 4.90 Å². The Morgan fingerprint density at radius 3 is 2.10 bits per heavy atom. The predicted octanol–water partition coefficient (Wildman–Crippen LogP) is 13.8. The Kier molecular flexibility index (Phi) is 6.16. The van der Waals surface area contributed by atoms with E-state index in [9.17, 15) is 0 Å². The molecule has 10 rings (SSSR count). The predicted molar refractivity (Wildman–Crippen MR) is 212 cm³/mol. The van der Waals surface area contributed by atoms with Gasteiger partial charge in [0.15, 0.2) is 0 Å². The molecule has 1 heterocycles. The second kappa shape index (κ2) is 10.7. The van der Waals surface area contributed by atoms with Gasteiger partial charge in [-0.25, -0.2) is 0 Å². The van der Waals surface area contributed by atoms with Crippen molar-refractivity contribution in [3.05, 3.63) is 175 Å². The van der Waals surface area contributed by atoms with Gasteiger partial charge >= 0.3 is 0 Å². The SMILES string of the molecule is CC1(C)c2ccccc2-c2cc(N(c3cccc(-c4ccccc4)c3)c3cccc4sc5c(ccc6ccc7ccccc7c65)c34)ccc21. The molecule has 0 atom stereocenters. The molecule has 0 aliphatic heterocycles. The summed E-state index contributed by atoms with van der Waals surface area (Å²) in [6.07, 6.45) is 0. The molecule has 1 aliphatic rings. The number of nitrogens with zero attached hydrogens (tertiary/aromatic N) is 1. The minimum absolute atomic E-state index is 0.0457. The van der Waals surface area contributed by atoms with Gasteiger partial charge in [0.25, 0.3) is 0 Å². The zero-order valence-electron chi connectivity index (χ0n) is 27.4. The highest BCUT2D eigenvalue weighted by Crippen LogP contribution is 2.52. The van der Waals surface area contributed by atoms with E-state index in [1.165, 1.54) is 80.8 Å². The molecule has 0 spiro atoms. The summed E-state index contributed by atoms with van der Waals surface area (Å²) in [5.41, 5.74) is 11.3. The summed E-state index contributed by atoms with van der Waals surface area (Å²) in [6.45, 7) is 4.70. The fraction of sp³-hybridized carbons (Fsp3) is 0.0638. The lowest BCUT2D eigenvalue weighted by Gasteiger charge is -2.28. The van der Waals surface area contributed by atoms with Gasteiger partial charge in [0.2, 0.25) is 0 Å². The summed E-state index contributed by atoms with van der Waals surface area (Å²) in [7, 11) is 0. The van der Waals surface area contributed by atoms with Crippen LogP contribution in [0.4, 0.5) is 17.1 Å². The molecular weight excluding hydrogens is 611 g/mol. The summed E-state index contributed by atoms with van der Waals surface area (Å²) < 4.78 is 2.64. The van der Waals surface area contributed by atoms with Crippen LogP contribution >= 0.6 is 11.3 Å². The van der Waals surface area contributed by atoms with Gasteiger partial charge < -0.3 is 4.90 Å². The van der Waals surface area contributed by atoms with Crippen LogP contribution in [-0.2, 0) is 5.41 Å². The zero-order valence-corrected chi connectivity index (χ0v) is 28.3. The minimum Gasteiger partial charge on any atom is -0.310 e. The highest BCUT2D eigenvalue weighted by Gasteiger charge is 2.35. The van der Waals surface area contributed by atoms with E-state index >= 15 is 0 Å². The Hall–Kier alpha value is -5.70. The van der Waals surface area contributed by atoms with E-state index in [-0.39, 0.29) is 5.41 Å². The average Bonchev–Trinajstić information content (AvgIpc) is 3.65. The highest BCUT2D eigenvalue weighted by atomic mass is 32.1. The van der Waals surface area contributed by atoms with Gasteiger partial charge in [-0.15, -0.1) is 11.3 Å². The van der Waals surface area contributed by atoms with Gasteiger partial charge in [0, 0.05) is 42.3 Å². The minimum atomic E-state index is -0.0457. The smallest absolute Gasteiger partial charge is 0.0554 e. The Morgan fingerprint density at radius 1 is 0.469 bits per heavy atom. The molecule has 1 nitrogen and oxygen atoms in total. The Morgan fingerprint density at radius 2 is 1.18 bits per heavy atom. The maximum absolute atomic E-state index is 2.49. The molecule has 9 aromatic rings. The van der Waals surface area contributed by atoms with Gasteiger partial charge in [0.05, 0.1) is 5.69 Å². The molecule has 0 fully saturated rings. The van der Waals surface area contributed by atoms with Gasteiger partial charge in [0.1, 0.15) is 0 Å². The lowest BCUT2D eigenvalue weighted by atomic mass is 9.82. The summed E-state index contributed by atoms with van der Waals surface area (Å²) in [6, 6.07) is 60.6. The Labute approximate surface area is 290 Å². The normalized spacial score (nSPS) is 13.3. The number of benzene rings is 8. The fourth-order valence-electron chi connectivity index (χ4n) is 8.27. The number of fused-ring (bicyclic) bond motifs is 10. The second-order valence-electron chi connectivity index (χ2n) is 13.7. The second-order valence-corrected chi connectivity index (χ2v) is 14.8. The van der Waals surface area contributed by atoms with Crippen molar-refractivity contribution < 1.29 is 0 Å². The molecule has 8 aromatic carbocycles. The number of hydrogen-bond acceptors (Lipinski definition) is 2. The standard InChI is InChI=1S/C47H33NS/c1-47(2)40-19-9-8-18-37(40)39-29-35(25-27-41(39)47)48(34-16-10-15-33(28-34)30-12-4-3-5-13-30)42-20-11-21-43-45(42)38-26-24-32-23-22-31-14-6-7-17-36(31)44(32)46(38)49-43/h3-29H,1-2H3. The first-order chi connectivity index (χ1) is 24.1. The lowest BCUT2D eigenvalue weighted by molar-refractivity contribution is 0.660. The van der Waals surface area contributed by atoms with E-state index in [0.717, 1.165) is 11.4 Å². The average molecular weight is 644 g/mol. The van der Waals surface area contributed by atoms with E-state index in [1.54, 1.807) is 0 Å². The fourth-order valence-corrected chi connectivity index (χ4v) is 9.56. The van der Waals surface area contributed by atoms with E-state index in [2.05, 4.69) is 183 Å². The van der Waals surface area contributed by atoms with Crippen LogP contribution in [0.15, 0.2) is 164 Å². The Balaban J connectivity index is 1.27. The van der Waals surface area contributed by atoms with Crippen molar-refractivity contribution in [1.82, 2.24) is 0 Å². The maximum atomic E-state index is 2.49. The molecule has 1 aliphatic carbocycles. The van der Waals surface area contributed by atoms with Crippen LogP contribution in [0.3, 0.4) is 0 Å². The van der Waals surface area contributed by atoms with Crippen LogP contribution in [0.1, 0.15) is 25.0 Å². The molecule has 0 bridgehead atoms. The third-order valence-electron chi connectivity index (χ3n) is 10.6. The number of hydrogen-bond donors (Lipinski definition) is 0. The first-order valence-electron chi connectivity index (χ1n) is 17.0. The molecule has 2 heteroatoms. The number of thiophene rings is 1. The van der Waals surface area contributed by atoms with Crippen LogP contribution < -0.4 is 4.90 Å². The van der Waals surface area contributed by atoms with Gasteiger partial charge in [-0.1, -0.05) is 141 Å². The summed E-state index contributed by atoms with van der Waals surface area (Å²) in [5.74, 6) is 0. The Bertz CT molecular complexity index is 2750. The third kappa shape index (κ3) is 4.24. The third-order valence-corrected chi connectivity index (χ3v) is 11.8. The van der Waals surface area contributed by atoms with Crippen molar-refractivity contribution >= 4 is 70.1 Å². The first-order valence-corrected chi connectivity index (χ1v) is 17.8. The molecule has 1 aromatic heterocycles. The van der Waals surface area contributed by atoms with Gasteiger partial charge in [-0.2, -0.15) is 0 Å². The van der Waals surface area contributed by atoms with Gasteiger partial charge in [-0.05, 0) is 85.9 Å². The molecule has 0 radical (unpaired) electrons. The van der Waals surface area contributed by atoms with Crippen LogP contribution in [-0.4, -0.2) is 0 Å². The maximum Gasteiger partial charge on any atom is 0.0554 e. The molecular formula is C47H33NS. The van der Waals surface area contributed by atoms with Gasteiger partial charge in [-0.3, -0.25) is 0 Å². The van der Waals surface area contributed by atoms with Crippen molar-refractivity contribution in [3.8, 4) is 22.3 Å². The van der Waals surface area contributed by atoms with E-state index < -0.39 is 0 Å². The molecule has 0 saturated heterocycles. The van der Waals surface area contributed by atoms with Crippen LogP contribution in [0.5, 0.6) is 0 Å². The highest BCUT2D eigenvalue weighted by molar-refractivity contribution is 7.27. The molecule has 0 saturated carbocycles. The van der Waals surface area contributed by atoms with Crippen molar-refractivity contribution in [3.63, 3.8) is 0 Å². The topological polar surface area (TPSA) is 3.24 Å². The quantitative estimate of drug-likeness (QED) is 0.173. The van der Waals surface area contributed by atoms with E-state index in [1.807, 2.05) is 11.3 Å². The number of rotatable bonds is 4. The van der Waals surface area contributed by atoms with Crippen molar-refractivity contribution in [2.24, 2.45) is 0 Å². The zero-order chi connectivity index (χ0) is 32.7. The molecule has 0 N–H and O–H groups in total. The molecule has 0 unspecified atom stereocenters. The van der Waals surface area contributed by atoms with Crippen molar-refractivity contribution in [2.45, 2.75) is 19.3 Å². The largest absolute Gasteiger partial charge is 0.310 e. The van der Waals surface area contributed by atoms with Crippen molar-refractivity contribution in [1.29, 1.82) is 0 Å². The lowest BCUT2D eigenvalue weighted by Crippen LogP contribution is -2.15. The summed E-state index contributed by atoms with van der Waals surface area (Å²) in [4.78, 5) is 2.49. The number of anilines is 3. The van der Waals surface area contributed by atoms with E-state index in [0.29, 0.717) is 0 Å². The van der Waals surface area contributed by atoms with Crippen LogP contribution in [0.25, 0.3) is 64.0 Å².